The maximum absolute atomic E-state index is 13.5. The quantitative estimate of drug-likeness (QED) is 0.638. The van der Waals surface area contributed by atoms with Crippen LogP contribution in [0.1, 0.15) is 48.6 Å². The Morgan fingerprint density at radius 3 is 2.57 bits per heavy atom. The van der Waals surface area contributed by atoms with E-state index in [9.17, 15) is 9.59 Å². The zero-order valence-corrected chi connectivity index (χ0v) is 18.7. The summed E-state index contributed by atoms with van der Waals surface area (Å²) in [7, 11) is 0. The van der Waals surface area contributed by atoms with Crippen molar-refractivity contribution in [1.29, 1.82) is 0 Å². The molecule has 0 unspecified atom stereocenters. The fourth-order valence-electron chi connectivity index (χ4n) is 2.95. The van der Waals surface area contributed by atoms with E-state index < -0.39 is 17.5 Å². The Morgan fingerprint density at radius 1 is 1.20 bits per heavy atom. The number of aryl methyl sites for hydroxylation is 1. The Kier molecular flexibility index (Phi) is 6.48. The van der Waals surface area contributed by atoms with E-state index in [4.69, 9.17) is 11.6 Å². The molecule has 2 amide bonds. The van der Waals surface area contributed by atoms with Crippen molar-refractivity contribution in [2.75, 3.05) is 4.90 Å². The highest BCUT2D eigenvalue weighted by molar-refractivity contribution is 7.03. The van der Waals surface area contributed by atoms with Crippen molar-refractivity contribution >= 4 is 40.6 Å². The monoisotopic (exact) mass is 443 g/mol. The molecule has 9 heteroatoms. The van der Waals surface area contributed by atoms with Gasteiger partial charge in [-0.25, -0.2) is 0 Å². The van der Waals surface area contributed by atoms with Crippen molar-refractivity contribution in [3.8, 4) is 0 Å². The smallest absolute Gasteiger partial charge is 0.280 e. The third-order valence-electron chi connectivity index (χ3n) is 4.20. The van der Waals surface area contributed by atoms with Gasteiger partial charge in [0.1, 0.15) is 0 Å². The summed E-state index contributed by atoms with van der Waals surface area (Å²) in [5.74, 6) is -0.828. The average molecular weight is 444 g/mol. The number of aromatic nitrogens is 3. The Balaban J connectivity index is 2.21. The molecular formula is C21H22ClN5O2S. The lowest BCUT2D eigenvalue weighted by Gasteiger charge is -2.33. The highest BCUT2D eigenvalue weighted by Crippen LogP contribution is 2.33. The molecular weight excluding hydrogens is 422 g/mol. The summed E-state index contributed by atoms with van der Waals surface area (Å²) < 4.78 is 3.80. The molecule has 2 aromatic heterocycles. The molecule has 2 heterocycles. The van der Waals surface area contributed by atoms with Crippen molar-refractivity contribution in [1.82, 2.24) is 19.9 Å². The summed E-state index contributed by atoms with van der Waals surface area (Å²) in [6.45, 7) is 7.48. The van der Waals surface area contributed by atoms with E-state index in [1.807, 2.05) is 27.7 Å². The molecule has 3 aromatic rings. The zero-order valence-electron chi connectivity index (χ0n) is 17.1. The number of halogens is 1. The van der Waals surface area contributed by atoms with Crippen LogP contribution in [0.4, 0.5) is 5.69 Å². The van der Waals surface area contributed by atoms with Gasteiger partial charge in [0.25, 0.3) is 5.91 Å². The number of benzene rings is 1. The predicted octanol–water partition coefficient (Wildman–Crippen LogP) is 4.20. The van der Waals surface area contributed by atoms with Gasteiger partial charge < -0.3 is 5.32 Å². The molecule has 0 saturated carbocycles. The second-order valence-electron chi connectivity index (χ2n) is 7.79. The van der Waals surface area contributed by atoms with E-state index in [-0.39, 0.29) is 11.6 Å². The van der Waals surface area contributed by atoms with Crippen LogP contribution in [0.15, 0.2) is 48.0 Å². The molecule has 0 spiro atoms. The summed E-state index contributed by atoms with van der Waals surface area (Å²) >= 11 is 7.31. The Bertz CT molecular complexity index is 1040. The van der Waals surface area contributed by atoms with E-state index in [1.54, 1.807) is 48.0 Å². The fourth-order valence-corrected chi connectivity index (χ4v) is 3.54. The first-order chi connectivity index (χ1) is 14.2. The van der Waals surface area contributed by atoms with Gasteiger partial charge in [-0.3, -0.25) is 19.5 Å². The largest absolute Gasteiger partial charge is 0.349 e. The molecule has 156 valence electrons. The molecule has 3 rings (SSSR count). The van der Waals surface area contributed by atoms with Gasteiger partial charge in [-0.05, 0) is 69.1 Å². The van der Waals surface area contributed by atoms with Crippen LogP contribution < -0.4 is 10.2 Å². The lowest BCUT2D eigenvalue weighted by atomic mass is 10.0. The van der Waals surface area contributed by atoms with Gasteiger partial charge in [0.15, 0.2) is 11.7 Å². The second-order valence-corrected chi connectivity index (χ2v) is 8.84. The van der Waals surface area contributed by atoms with E-state index in [1.165, 1.54) is 4.90 Å². The lowest BCUT2D eigenvalue weighted by molar-refractivity contribution is -0.124. The maximum Gasteiger partial charge on any atom is 0.280 e. The van der Waals surface area contributed by atoms with Crippen molar-refractivity contribution in [3.63, 3.8) is 0 Å². The van der Waals surface area contributed by atoms with Crippen LogP contribution in [0, 0.1) is 6.92 Å². The number of rotatable bonds is 5. The topological polar surface area (TPSA) is 88.1 Å². The molecule has 30 heavy (non-hydrogen) atoms. The van der Waals surface area contributed by atoms with Crippen LogP contribution >= 0.6 is 23.1 Å². The number of hydrogen-bond acceptors (Lipinski definition) is 6. The molecule has 0 aliphatic heterocycles. The third kappa shape index (κ3) is 5.01. The third-order valence-corrected chi connectivity index (χ3v) is 4.94. The lowest BCUT2D eigenvalue weighted by Crippen LogP contribution is -2.50. The van der Waals surface area contributed by atoms with Crippen molar-refractivity contribution < 1.29 is 9.59 Å². The first-order valence-corrected chi connectivity index (χ1v) is 10.5. The number of nitrogens with one attached hydrogen (secondary N) is 1. The summed E-state index contributed by atoms with van der Waals surface area (Å²) in [6, 6.07) is 9.41. The molecule has 0 saturated heterocycles. The first kappa shape index (κ1) is 21.9. The first-order valence-electron chi connectivity index (χ1n) is 9.27. The van der Waals surface area contributed by atoms with Gasteiger partial charge in [0.05, 0.1) is 5.69 Å². The maximum atomic E-state index is 13.5. The van der Waals surface area contributed by atoms with Gasteiger partial charge in [0.2, 0.25) is 5.91 Å². The average Bonchev–Trinajstić information content (AvgIpc) is 3.21. The van der Waals surface area contributed by atoms with E-state index in [0.717, 1.165) is 17.1 Å². The Hall–Kier alpha value is -2.84. The number of carbonyl (C=O) groups excluding carboxylic acids is 2. The van der Waals surface area contributed by atoms with Crippen LogP contribution in [0.2, 0.25) is 5.02 Å². The van der Waals surface area contributed by atoms with Gasteiger partial charge in [-0.2, -0.15) is 0 Å². The molecule has 0 aliphatic rings. The predicted molar refractivity (Wildman–Crippen MR) is 118 cm³/mol. The number of pyridine rings is 1. The number of carbonyl (C=O) groups is 2. The van der Waals surface area contributed by atoms with Crippen molar-refractivity contribution in [3.05, 3.63) is 69.9 Å². The highest BCUT2D eigenvalue weighted by atomic mass is 35.5. The molecule has 0 fully saturated rings. The Morgan fingerprint density at radius 2 is 1.97 bits per heavy atom. The molecule has 0 bridgehead atoms. The van der Waals surface area contributed by atoms with Crippen LogP contribution in [0.5, 0.6) is 0 Å². The van der Waals surface area contributed by atoms with E-state index >= 15 is 0 Å². The van der Waals surface area contributed by atoms with Gasteiger partial charge in [-0.1, -0.05) is 28.2 Å². The minimum atomic E-state index is -1.03. The zero-order chi connectivity index (χ0) is 21.9. The van der Waals surface area contributed by atoms with Crippen LogP contribution in [-0.2, 0) is 4.79 Å². The normalized spacial score (nSPS) is 12.3. The Labute approximate surface area is 184 Å². The molecule has 1 N–H and O–H groups in total. The minimum Gasteiger partial charge on any atom is -0.349 e. The number of amides is 2. The SMILES string of the molecule is Cc1ccc(Cl)cc1N(C(=O)c1csnn1)[C@@H](C(=O)NC(C)(C)C)c1ccccn1. The van der Waals surface area contributed by atoms with Gasteiger partial charge in [-0.15, -0.1) is 5.10 Å². The molecule has 1 aromatic carbocycles. The summed E-state index contributed by atoms with van der Waals surface area (Å²) in [6.07, 6.45) is 1.59. The van der Waals surface area contributed by atoms with Crippen LogP contribution in [0.25, 0.3) is 0 Å². The number of hydrogen-bond donors (Lipinski definition) is 1. The second kappa shape index (κ2) is 8.89. The van der Waals surface area contributed by atoms with Crippen molar-refractivity contribution in [2.45, 2.75) is 39.3 Å². The van der Waals surface area contributed by atoms with E-state index in [0.29, 0.717) is 16.4 Å². The number of nitrogens with zero attached hydrogens (tertiary/aromatic N) is 4. The highest BCUT2D eigenvalue weighted by Gasteiger charge is 2.37. The number of anilines is 1. The molecule has 0 aliphatic carbocycles. The van der Waals surface area contributed by atoms with Crippen LogP contribution in [-0.4, -0.2) is 31.9 Å². The van der Waals surface area contributed by atoms with Crippen molar-refractivity contribution in [2.24, 2.45) is 0 Å². The molecule has 1 atom stereocenters. The fraction of sp³-hybridized carbons (Fsp3) is 0.286. The summed E-state index contributed by atoms with van der Waals surface area (Å²) in [5.41, 5.74) is 1.34. The summed E-state index contributed by atoms with van der Waals surface area (Å²) in [5, 5.41) is 8.87. The minimum absolute atomic E-state index is 0.142. The standard InChI is InChI=1S/C21H22ClN5O2S/c1-13-8-9-14(22)11-17(13)27(20(29)16-12-30-26-25-16)18(15-7-5-6-10-23-15)19(28)24-21(2,3)4/h5-12,18H,1-4H3,(H,24,28)/t18-/m1/s1. The van der Waals surface area contributed by atoms with Gasteiger partial charge >= 0.3 is 0 Å². The molecule has 0 radical (unpaired) electrons. The van der Waals surface area contributed by atoms with Crippen LogP contribution in [0.3, 0.4) is 0 Å². The molecule has 7 nitrogen and oxygen atoms in total. The van der Waals surface area contributed by atoms with Gasteiger partial charge in [0, 0.05) is 27.8 Å². The summed E-state index contributed by atoms with van der Waals surface area (Å²) in [4.78, 5) is 32.7. The van der Waals surface area contributed by atoms with E-state index in [2.05, 4.69) is 19.9 Å².